The number of hydrogen-bond donors (Lipinski definition) is 0. The molecule has 0 aromatic rings. The van der Waals surface area contributed by atoms with Crippen LogP contribution in [0.5, 0.6) is 0 Å². The van der Waals surface area contributed by atoms with Crippen LogP contribution in [0.15, 0.2) is 23.4 Å². The van der Waals surface area contributed by atoms with Crippen molar-refractivity contribution in [2.75, 3.05) is 7.11 Å². The largest absolute Gasteiger partial charge is 0.356 e. The summed E-state index contributed by atoms with van der Waals surface area (Å²) < 4.78 is 11.4. The van der Waals surface area contributed by atoms with E-state index in [1.807, 2.05) is 0 Å². The van der Waals surface area contributed by atoms with Gasteiger partial charge in [0.05, 0.1) is 14.2 Å². The minimum atomic E-state index is -1.18. The Balaban J connectivity index is 2.74. The van der Waals surface area contributed by atoms with E-state index in [0.29, 0.717) is 0 Å². The lowest BCUT2D eigenvalue weighted by molar-refractivity contribution is -0.164. The van der Waals surface area contributed by atoms with E-state index >= 15 is 0 Å². The normalized spacial score (nSPS) is 27.5. The Bertz CT molecular complexity index is 315. The fraction of sp³-hybridized carbons (Fsp3) is 0.733. The van der Waals surface area contributed by atoms with Gasteiger partial charge >= 0.3 is 0 Å². The quantitative estimate of drug-likeness (QED) is 0.547. The van der Waals surface area contributed by atoms with E-state index in [4.69, 9.17) is 9.47 Å². The predicted octanol–water partition coefficient (Wildman–Crippen LogP) is 4.30. The summed E-state index contributed by atoms with van der Waals surface area (Å²) in [6, 6.07) is 0. The molecule has 0 radical (unpaired) electrons. The van der Waals surface area contributed by atoms with Gasteiger partial charge < -0.3 is 9.47 Å². The van der Waals surface area contributed by atoms with Crippen LogP contribution in [0.25, 0.3) is 0 Å². The zero-order valence-electron chi connectivity index (χ0n) is 12.6. The van der Waals surface area contributed by atoms with Crippen LogP contribution >= 0.6 is 0 Å². The molecule has 0 aromatic carbocycles. The van der Waals surface area contributed by atoms with Crippen molar-refractivity contribution >= 4 is 8.07 Å². The summed E-state index contributed by atoms with van der Waals surface area (Å²) >= 11 is 0. The molecule has 2 unspecified atom stereocenters. The molecule has 1 aliphatic heterocycles. The Morgan fingerprint density at radius 1 is 1.50 bits per heavy atom. The highest BCUT2D eigenvalue weighted by atomic mass is 28.3. The van der Waals surface area contributed by atoms with Crippen molar-refractivity contribution in [2.45, 2.75) is 64.6 Å². The molecule has 2 atom stereocenters. The summed E-state index contributed by atoms with van der Waals surface area (Å²) in [4.78, 5) is 0. The van der Waals surface area contributed by atoms with Crippen molar-refractivity contribution < 1.29 is 9.47 Å². The summed E-state index contributed by atoms with van der Waals surface area (Å²) in [7, 11) is 0.550. The lowest BCUT2D eigenvalue weighted by atomic mass is 9.97. The van der Waals surface area contributed by atoms with Crippen molar-refractivity contribution in [1.29, 1.82) is 0 Å². The topological polar surface area (TPSA) is 18.5 Å². The smallest absolute Gasteiger partial charge is 0.158 e. The Hall–Kier alpha value is -0.383. The molecule has 18 heavy (non-hydrogen) atoms. The third-order valence-corrected chi connectivity index (χ3v) is 4.35. The molecule has 1 aliphatic rings. The lowest BCUT2D eigenvalue weighted by Gasteiger charge is -2.33. The first kappa shape index (κ1) is 15.7. The van der Waals surface area contributed by atoms with Gasteiger partial charge in [0, 0.05) is 13.5 Å². The van der Waals surface area contributed by atoms with Crippen LogP contribution in [-0.2, 0) is 9.47 Å². The number of methoxy groups -OCH3 is 1. The van der Waals surface area contributed by atoms with Gasteiger partial charge in [0.2, 0.25) is 0 Å². The summed E-state index contributed by atoms with van der Waals surface area (Å²) in [6.45, 7) is 13.2. The molecule has 1 rings (SSSR count). The molecule has 0 amide bonds. The average molecular weight is 268 g/mol. The van der Waals surface area contributed by atoms with Gasteiger partial charge in [-0.25, -0.2) is 0 Å². The summed E-state index contributed by atoms with van der Waals surface area (Å²) in [6.07, 6.45) is 4.36. The molecule has 0 bridgehead atoms. The zero-order chi connectivity index (χ0) is 13.8. The first-order chi connectivity index (χ1) is 8.31. The monoisotopic (exact) mass is 268 g/mol. The molecule has 1 saturated heterocycles. The number of ether oxygens (including phenoxy) is 2. The van der Waals surface area contributed by atoms with Gasteiger partial charge in [-0.05, 0) is 31.8 Å². The number of hydrogen-bond acceptors (Lipinski definition) is 2. The van der Waals surface area contributed by atoms with Crippen LogP contribution in [0.1, 0.15) is 32.6 Å². The molecule has 0 aromatic heterocycles. The molecule has 0 aliphatic carbocycles. The van der Waals surface area contributed by atoms with Crippen molar-refractivity contribution in [3.63, 3.8) is 0 Å². The van der Waals surface area contributed by atoms with Gasteiger partial charge in [0.1, 0.15) is 0 Å². The third kappa shape index (κ3) is 5.51. The van der Waals surface area contributed by atoms with Gasteiger partial charge in [-0.15, -0.1) is 6.58 Å². The predicted molar refractivity (Wildman–Crippen MR) is 80.4 cm³/mol. The maximum atomic E-state index is 6.04. The lowest BCUT2D eigenvalue weighted by Crippen LogP contribution is -2.32. The molecular formula is C15H28O2Si. The molecule has 0 spiro atoms. The molecule has 1 fully saturated rings. The van der Waals surface area contributed by atoms with E-state index in [1.54, 1.807) is 7.11 Å². The minimum absolute atomic E-state index is 0.0288. The molecule has 0 N–H and O–H groups in total. The molecule has 2 nitrogen and oxygen atoms in total. The number of allylic oxidation sites excluding steroid dienone is 1. The molecule has 3 heteroatoms. The fourth-order valence-corrected chi connectivity index (χ4v) is 3.75. The molecular weight excluding hydrogens is 240 g/mol. The van der Waals surface area contributed by atoms with E-state index in [0.717, 1.165) is 25.7 Å². The van der Waals surface area contributed by atoms with Crippen LogP contribution in [0.2, 0.25) is 19.6 Å². The fourth-order valence-electron chi connectivity index (χ4n) is 2.31. The standard InChI is InChI=1S/C15H28O2Si/c1-12(2)7-9-14-13(11-18(4,5)6)8-10-15(16-3)17-14/h11,14-15H,1,7-10H2,2-6H3/b13-11+. The van der Waals surface area contributed by atoms with Gasteiger partial charge in [0.15, 0.2) is 6.29 Å². The molecule has 1 heterocycles. The van der Waals surface area contributed by atoms with Gasteiger partial charge in [-0.1, -0.05) is 30.9 Å². The van der Waals surface area contributed by atoms with E-state index in [-0.39, 0.29) is 12.4 Å². The second-order valence-electron chi connectivity index (χ2n) is 6.41. The van der Waals surface area contributed by atoms with Gasteiger partial charge in [-0.3, -0.25) is 0 Å². The molecule has 104 valence electrons. The summed E-state index contributed by atoms with van der Waals surface area (Å²) in [5.74, 6) is 0. The second-order valence-corrected chi connectivity index (χ2v) is 11.4. The van der Waals surface area contributed by atoms with Crippen LogP contribution in [-0.4, -0.2) is 27.6 Å². The summed E-state index contributed by atoms with van der Waals surface area (Å²) in [5.41, 5.74) is 5.22. The van der Waals surface area contributed by atoms with Crippen molar-refractivity contribution in [2.24, 2.45) is 0 Å². The Morgan fingerprint density at radius 3 is 2.67 bits per heavy atom. The SMILES string of the molecule is C=C(C)CCC1OC(OC)CC/C1=C\[Si](C)(C)C. The summed E-state index contributed by atoms with van der Waals surface area (Å²) in [5, 5.41) is 0. The zero-order valence-corrected chi connectivity index (χ0v) is 13.6. The Kier molecular flexibility index (Phi) is 5.82. The van der Waals surface area contributed by atoms with Crippen molar-refractivity contribution in [3.8, 4) is 0 Å². The highest BCUT2D eigenvalue weighted by Gasteiger charge is 2.27. The minimum Gasteiger partial charge on any atom is -0.356 e. The van der Waals surface area contributed by atoms with Crippen LogP contribution in [0.4, 0.5) is 0 Å². The van der Waals surface area contributed by atoms with Gasteiger partial charge in [0.25, 0.3) is 0 Å². The molecule has 0 saturated carbocycles. The van der Waals surface area contributed by atoms with E-state index in [1.165, 1.54) is 11.1 Å². The first-order valence-electron chi connectivity index (χ1n) is 6.86. The second kappa shape index (κ2) is 6.69. The maximum Gasteiger partial charge on any atom is 0.158 e. The van der Waals surface area contributed by atoms with Crippen molar-refractivity contribution in [3.05, 3.63) is 23.4 Å². The van der Waals surface area contributed by atoms with E-state index < -0.39 is 8.07 Å². The van der Waals surface area contributed by atoms with E-state index in [9.17, 15) is 0 Å². The van der Waals surface area contributed by atoms with Crippen LogP contribution in [0.3, 0.4) is 0 Å². The van der Waals surface area contributed by atoms with Gasteiger partial charge in [-0.2, -0.15) is 0 Å². The van der Waals surface area contributed by atoms with Crippen LogP contribution in [0, 0.1) is 0 Å². The highest BCUT2D eigenvalue weighted by molar-refractivity contribution is 6.81. The average Bonchev–Trinajstić information content (AvgIpc) is 2.25. The van der Waals surface area contributed by atoms with Crippen molar-refractivity contribution in [1.82, 2.24) is 0 Å². The van der Waals surface area contributed by atoms with E-state index in [2.05, 4.69) is 38.8 Å². The maximum absolute atomic E-state index is 6.04. The van der Waals surface area contributed by atoms with Crippen LogP contribution < -0.4 is 0 Å². The third-order valence-electron chi connectivity index (χ3n) is 3.11. The Morgan fingerprint density at radius 2 is 2.17 bits per heavy atom. The Labute approximate surface area is 113 Å². The first-order valence-corrected chi connectivity index (χ1v) is 10.4. The number of rotatable bonds is 5. The highest BCUT2D eigenvalue weighted by Crippen LogP contribution is 2.29.